The summed E-state index contributed by atoms with van der Waals surface area (Å²) in [5, 5.41) is 8.76. The van der Waals surface area contributed by atoms with Gasteiger partial charge in [0.25, 0.3) is 0 Å². The third kappa shape index (κ3) is 5.63. The lowest BCUT2D eigenvalue weighted by molar-refractivity contribution is -0.137. The van der Waals surface area contributed by atoms with Crippen LogP contribution in [0.3, 0.4) is 0 Å². The summed E-state index contributed by atoms with van der Waals surface area (Å²) in [5.41, 5.74) is -0.720. The number of hydrogen-bond acceptors (Lipinski definition) is 3. The van der Waals surface area contributed by atoms with E-state index in [2.05, 4.69) is 0 Å². The van der Waals surface area contributed by atoms with E-state index in [1.807, 2.05) is 19.0 Å². The lowest BCUT2D eigenvalue weighted by Crippen LogP contribution is -2.34. The van der Waals surface area contributed by atoms with Gasteiger partial charge in [-0.15, -0.1) is 0 Å². The monoisotopic (exact) mass is 304 g/mol. The van der Waals surface area contributed by atoms with Gasteiger partial charge in [-0.3, -0.25) is 4.79 Å². The van der Waals surface area contributed by atoms with E-state index in [0.717, 1.165) is 6.07 Å². The minimum Gasteiger partial charge on any atom is -0.481 e. The number of likely N-dealkylation sites (N-methyl/N-ethyl adjacent to an activating group) is 1. The summed E-state index contributed by atoms with van der Waals surface area (Å²) < 4.78 is 39.2. The maximum absolute atomic E-state index is 13.1. The van der Waals surface area contributed by atoms with Crippen molar-refractivity contribution in [1.82, 2.24) is 4.90 Å². The van der Waals surface area contributed by atoms with Crippen molar-refractivity contribution in [2.24, 2.45) is 0 Å². The molecule has 0 fully saturated rings. The molecule has 0 saturated heterocycles. The van der Waals surface area contributed by atoms with Crippen LogP contribution in [0.2, 0.25) is 0 Å². The van der Waals surface area contributed by atoms with Gasteiger partial charge < -0.3 is 14.9 Å². The van der Waals surface area contributed by atoms with Gasteiger partial charge in [0.15, 0.2) is 0 Å². The van der Waals surface area contributed by atoms with Crippen LogP contribution in [0, 0.1) is 0 Å². The lowest BCUT2D eigenvalue weighted by Gasteiger charge is -2.28. The van der Waals surface area contributed by atoms with E-state index in [4.69, 9.17) is 5.11 Å². The fourth-order valence-electron chi connectivity index (χ4n) is 1.89. The van der Waals surface area contributed by atoms with Crippen LogP contribution in [-0.2, 0) is 11.0 Å². The van der Waals surface area contributed by atoms with Gasteiger partial charge in [0.05, 0.1) is 12.0 Å². The molecule has 4 nitrogen and oxygen atoms in total. The number of hydrogen-bond donors (Lipinski definition) is 1. The Kier molecular flexibility index (Phi) is 6.02. The number of aliphatic carboxylic acids is 1. The average molecular weight is 304 g/mol. The van der Waals surface area contributed by atoms with Gasteiger partial charge in [0, 0.05) is 25.3 Å². The highest BCUT2D eigenvalue weighted by Crippen LogP contribution is 2.36. The molecule has 0 atom stereocenters. The summed E-state index contributed by atoms with van der Waals surface area (Å²) >= 11 is 0. The molecule has 21 heavy (non-hydrogen) atoms. The standard InChI is InChI=1S/C14H19F3N2O2/c1-18(2)9-10-19(8-7-13(20)21)12-6-4-3-5-11(12)14(15,16)17/h3-6H,7-10H2,1-2H3,(H,20,21). The average Bonchev–Trinajstić information content (AvgIpc) is 2.37. The molecule has 0 spiro atoms. The third-order valence-corrected chi connectivity index (χ3v) is 2.96. The van der Waals surface area contributed by atoms with Crippen LogP contribution in [0.4, 0.5) is 18.9 Å². The third-order valence-electron chi connectivity index (χ3n) is 2.96. The molecule has 1 aromatic rings. The molecule has 0 radical (unpaired) electrons. The molecule has 118 valence electrons. The topological polar surface area (TPSA) is 43.8 Å². The number of anilines is 1. The van der Waals surface area contributed by atoms with E-state index in [1.54, 1.807) is 0 Å². The largest absolute Gasteiger partial charge is 0.481 e. The molecule has 0 unspecified atom stereocenters. The van der Waals surface area contributed by atoms with Crippen LogP contribution in [0.15, 0.2) is 24.3 Å². The second kappa shape index (κ2) is 7.31. The fraction of sp³-hybridized carbons (Fsp3) is 0.500. The summed E-state index contributed by atoms with van der Waals surface area (Å²) in [6.45, 7) is 0.898. The zero-order valence-electron chi connectivity index (χ0n) is 12.0. The smallest absolute Gasteiger partial charge is 0.418 e. The Morgan fingerprint density at radius 3 is 2.29 bits per heavy atom. The van der Waals surface area contributed by atoms with Gasteiger partial charge in [0.2, 0.25) is 0 Å². The van der Waals surface area contributed by atoms with E-state index < -0.39 is 17.7 Å². The number of nitrogens with zero attached hydrogens (tertiary/aromatic N) is 2. The molecule has 0 aliphatic heterocycles. The molecule has 1 aromatic carbocycles. The second-order valence-corrected chi connectivity index (χ2v) is 4.95. The van der Waals surface area contributed by atoms with Crippen molar-refractivity contribution in [2.75, 3.05) is 38.6 Å². The zero-order chi connectivity index (χ0) is 16.0. The Labute approximate surface area is 121 Å². The molecule has 0 aliphatic carbocycles. The maximum atomic E-state index is 13.1. The summed E-state index contributed by atoms with van der Waals surface area (Å²) in [6.07, 6.45) is -4.67. The Morgan fingerprint density at radius 2 is 1.76 bits per heavy atom. The molecular formula is C14H19F3N2O2. The van der Waals surface area contributed by atoms with Crippen molar-refractivity contribution in [3.8, 4) is 0 Å². The van der Waals surface area contributed by atoms with E-state index in [-0.39, 0.29) is 18.7 Å². The van der Waals surface area contributed by atoms with Gasteiger partial charge in [-0.05, 0) is 26.2 Å². The van der Waals surface area contributed by atoms with Crippen molar-refractivity contribution in [3.63, 3.8) is 0 Å². The van der Waals surface area contributed by atoms with Crippen molar-refractivity contribution in [1.29, 1.82) is 0 Å². The maximum Gasteiger partial charge on any atom is 0.418 e. The molecule has 0 aliphatic rings. The van der Waals surface area contributed by atoms with Crippen molar-refractivity contribution in [3.05, 3.63) is 29.8 Å². The van der Waals surface area contributed by atoms with Crippen molar-refractivity contribution < 1.29 is 23.1 Å². The lowest BCUT2D eigenvalue weighted by atomic mass is 10.1. The molecule has 7 heteroatoms. The Morgan fingerprint density at radius 1 is 1.14 bits per heavy atom. The molecule has 0 bridgehead atoms. The first-order valence-corrected chi connectivity index (χ1v) is 6.49. The van der Waals surface area contributed by atoms with Gasteiger partial charge in [0.1, 0.15) is 0 Å². The van der Waals surface area contributed by atoms with Gasteiger partial charge in [-0.1, -0.05) is 12.1 Å². The van der Waals surface area contributed by atoms with Crippen LogP contribution in [0.1, 0.15) is 12.0 Å². The predicted octanol–water partition coefficient (Wildman–Crippen LogP) is 2.55. The van der Waals surface area contributed by atoms with Gasteiger partial charge in [-0.25, -0.2) is 0 Å². The predicted molar refractivity (Wildman–Crippen MR) is 74.5 cm³/mol. The Balaban J connectivity index is 3.03. The fourth-order valence-corrected chi connectivity index (χ4v) is 1.89. The number of halogens is 3. The first-order valence-electron chi connectivity index (χ1n) is 6.49. The quantitative estimate of drug-likeness (QED) is 0.841. The normalized spacial score (nSPS) is 11.7. The van der Waals surface area contributed by atoms with Crippen molar-refractivity contribution in [2.45, 2.75) is 12.6 Å². The first-order chi connectivity index (χ1) is 9.71. The van der Waals surface area contributed by atoms with Crippen LogP contribution in [0.25, 0.3) is 0 Å². The number of carboxylic acid groups (broad SMARTS) is 1. The number of para-hydroxylation sites is 1. The Hall–Kier alpha value is -1.76. The molecule has 0 heterocycles. The molecule has 0 aromatic heterocycles. The highest BCUT2D eigenvalue weighted by molar-refractivity contribution is 5.68. The number of carboxylic acids is 1. The highest BCUT2D eigenvalue weighted by atomic mass is 19.4. The SMILES string of the molecule is CN(C)CCN(CCC(=O)O)c1ccccc1C(F)(F)F. The van der Waals surface area contributed by atoms with Crippen LogP contribution < -0.4 is 4.90 Å². The highest BCUT2D eigenvalue weighted by Gasteiger charge is 2.34. The molecule has 1 rings (SSSR count). The van der Waals surface area contributed by atoms with Crippen LogP contribution in [-0.4, -0.2) is 49.7 Å². The van der Waals surface area contributed by atoms with Gasteiger partial charge in [-0.2, -0.15) is 13.2 Å². The van der Waals surface area contributed by atoms with Crippen LogP contribution in [0.5, 0.6) is 0 Å². The van der Waals surface area contributed by atoms with E-state index in [9.17, 15) is 18.0 Å². The van der Waals surface area contributed by atoms with E-state index >= 15 is 0 Å². The molecular weight excluding hydrogens is 285 g/mol. The van der Waals surface area contributed by atoms with E-state index in [1.165, 1.54) is 23.1 Å². The van der Waals surface area contributed by atoms with E-state index in [0.29, 0.717) is 13.1 Å². The number of alkyl halides is 3. The first kappa shape index (κ1) is 17.3. The molecule has 0 saturated carbocycles. The summed E-state index contributed by atoms with van der Waals surface area (Å²) in [4.78, 5) is 14.0. The minimum atomic E-state index is -4.46. The molecule has 1 N–H and O–H groups in total. The van der Waals surface area contributed by atoms with Crippen LogP contribution >= 0.6 is 0 Å². The minimum absolute atomic E-state index is 0.0214. The summed E-state index contributed by atoms with van der Waals surface area (Å²) in [7, 11) is 3.62. The van der Waals surface area contributed by atoms with Crippen molar-refractivity contribution >= 4 is 11.7 Å². The zero-order valence-corrected chi connectivity index (χ0v) is 12.0. The summed E-state index contributed by atoms with van der Waals surface area (Å²) in [6, 6.07) is 5.24. The number of carbonyl (C=O) groups is 1. The number of rotatable bonds is 7. The number of benzene rings is 1. The Bertz CT molecular complexity index is 476. The summed E-state index contributed by atoms with van der Waals surface area (Å²) in [5.74, 6) is -1.03. The van der Waals surface area contributed by atoms with Gasteiger partial charge >= 0.3 is 12.1 Å². The second-order valence-electron chi connectivity index (χ2n) is 4.95. The molecule has 0 amide bonds.